The lowest BCUT2D eigenvalue weighted by Gasteiger charge is -2.23. The Kier molecular flexibility index (Phi) is 4.41. The molecular weight excluding hydrogens is 226 g/mol. The van der Waals surface area contributed by atoms with Crippen molar-refractivity contribution in [1.82, 2.24) is 0 Å². The zero-order valence-corrected chi connectivity index (χ0v) is 9.69. The molecule has 0 radical (unpaired) electrons. The van der Waals surface area contributed by atoms with Crippen molar-refractivity contribution in [3.8, 4) is 6.07 Å². The summed E-state index contributed by atoms with van der Waals surface area (Å²) in [6.07, 6.45) is -3.23. The van der Waals surface area contributed by atoms with Gasteiger partial charge >= 0.3 is 0 Å². The zero-order chi connectivity index (χ0) is 13.0. The first kappa shape index (κ1) is 13.4. The minimum atomic E-state index is -2.47. The van der Waals surface area contributed by atoms with Crippen molar-refractivity contribution in [2.75, 3.05) is 18.5 Å². The molecule has 1 rings (SSSR count). The normalized spacial score (nSPS) is 12.3. The summed E-state index contributed by atoms with van der Waals surface area (Å²) in [5, 5.41) is 18.3. The van der Waals surface area contributed by atoms with Crippen LogP contribution < -0.4 is 4.90 Å². The smallest absolute Gasteiger partial charge is 0.255 e. The van der Waals surface area contributed by atoms with Crippen LogP contribution in [0.25, 0.3) is 0 Å². The van der Waals surface area contributed by atoms with Gasteiger partial charge in [-0.1, -0.05) is 6.07 Å². The van der Waals surface area contributed by atoms with Crippen LogP contribution in [0.3, 0.4) is 0 Å². The van der Waals surface area contributed by atoms with Crippen LogP contribution in [0.2, 0.25) is 0 Å². The van der Waals surface area contributed by atoms with Gasteiger partial charge in [-0.25, -0.2) is 8.78 Å². The third-order valence-electron chi connectivity index (χ3n) is 2.43. The highest BCUT2D eigenvalue weighted by atomic mass is 19.3. The number of halogens is 2. The third kappa shape index (κ3) is 3.40. The van der Waals surface area contributed by atoms with E-state index in [9.17, 15) is 13.9 Å². The Morgan fingerprint density at radius 1 is 1.47 bits per heavy atom. The molecule has 0 aliphatic heterocycles. The molecule has 17 heavy (non-hydrogen) atoms. The molecule has 0 fully saturated rings. The highest BCUT2D eigenvalue weighted by Crippen LogP contribution is 2.27. The summed E-state index contributed by atoms with van der Waals surface area (Å²) in [5.74, 6) is 0. The average molecular weight is 240 g/mol. The quantitative estimate of drug-likeness (QED) is 0.878. The van der Waals surface area contributed by atoms with E-state index in [0.717, 1.165) is 0 Å². The molecule has 0 aromatic heterocycles. The molecule has 0 spiro atoms. The van der Waals surface area contributed by atoms with Crippen molar-refractivity contribution < 1.29 is 13.9 Å². The maximum atomic E-state index is 12.3. The second kappa shape index (κ2) is 5.60. The minimum Gasteiger partial charge on any atom is -0.389 e. The minimum absolute atomic E-state index is 0.380. The van der Waals surface area contributed by atoms with Crippen molar-refractivity contribution in [1.29, 1.82) is 5.26 Å². The fourth-order valence-corrected chi connectivity index (χ4v) is 1.60. The van der Waals surface area contributed by atoms with Crippen LogP contribution in [0, 0.1) is 11.3 Å². The first-order chi connectivity index (χ1) is 7.95. The molecule has 1 aromatic rings. The molecule has 92 valence electrons. The molecule has 0 bridgehead atoms. The lowest BCUT2D eigenvalue weighted by Crippen LogP contribution is -2.25. The first-order valence-electron chi connectivity index (χ1n) is 5.17. The average Bonchev–Trinajstić information content (AvgIpc) is 2.27. The standard InChI is InChI=1S/C12H14F2N2O/c1-8(17)10-4-3-9(6-15)5-11(10)16(2)7-12(13)14/h3-5,8,12,17H,7H2,1-2H3. The van der Waals surface area contributed by atoms with Crippen LogP contribution in [-0.4, -0.2) is 25.1 Å². The molecule has 0 aliphatic carbocycles. The van der Waals surface area contributed by atoms with Gasteiger partial charge in [0.05, 0.1) is 24.3 Å². The topological polar surface area (TPSA) is 47.3 Å². The number of hydrogen-bond acceptors (Lipinski definition) is 3. The SMILES string of the molecule is CC(O)c1ccc(C#N)cc1N(C)CC(F)F. The number of alkyl halides is 2. The van der Waals surface area contributed by atoms with E-state index >= 15 is 0 Å². The van der Waals surface area contributed by atoms with Gasteiger partial charge in [0.25, 0.3) is 6.43 Å². The van der Waals surface area contributed by atoms with Crippen LogP contribution in [0.1, 0.15) is 24.2 Å². The van der Waals surface area contributed by atoms with Crippen molar-refractivity contribution in [2.45, 2.75) is 19.5 Å². The van der Waals surface area contributed by atoms with Gasteiger partial charge in [-0.2, -0.15) is 5.26 Å². The summed E-state index contributed by atoms with van der Waals surface area (Å²) < 4.78 is 24.6. The van der Waals surface area contributed by atoms with E-state index in [1.165, 1.54) is 18.0 Å². The van der Waals surface area contributed by atoms with Crippen LogP contribution in [-0.2, 0) is 0 Å². The van der Waals surface area contributed by atoms with Gasteiger partial charge in [0.1, 0.15) is 0 Å². The van der Waals surface area contributed by atoms with Crippen LogP contribution in [0.15, 0.2) is 18.2 Å². The van der Waals surface area contributed by atoms with Crippen LogP contribution in [0.4, 0.5) is 14.5 Å². The van der Waals surface area contributed by atoms with E-state index in [2.05, 4.69) is 0 Å². The van der Waals surface area contributed by atoms with Crippen molar-refractivity contribution in [3.63, 3.8) is 0 Å². The van der Waals surface area contributed by atoms with Crippen molar-refractivity contribution in [3.05, 3.63) is 29.3 Å². The summed E-state index contributed by atoms with van der Waals surface area (Å²) >= 11 is 0. The van der Waals surface area contributed by atoms with Gasteiger partial charge in [-0.05, 0) is 19.1 Å². The molecule has 1 atom stereocenters. The Balaban J connectivity index is 3.13. The number of aliphatic hydroxyl groups excluding tert-OH is 1. The Morgan fingerprint density at radius 3 is 2.59 bits per heavy atom. The van der Waals surface area contributed by atoms with Crippen LogP contribution in [0.5, 0.6) is 0 Å². The largest absolute Gasteiger partial charge is 0.389 e. The molecule has 0 heterocycles. The number of nitrogens with zero attached hydrogens (tertiary/aromatic N) is 2. The van der Waals surface area contributed by atoms with Gasteiger partial charge < -0.3 is 10.0 Å². The molecular formula is C12H14F2N2O. The lowest BCUT2D eigenvalue weighted by atomic mass is 10.0. The maximum Gasteiger partial charge on any atom is 0.255 e. The first-order valence-corrected chi connectivity index (χ1v) is 5.17. The molecule has 1 aromatic carbocycles. The fourth-order valence-electron chi connectivity index (χ4n) is 1.60. The Bertz CT molecular complexity index is 427. The Morgan fingerprint density at radius 2 is 2.12 bits per heavy atom. The van der Waals surface area contributed by atoms with Crippen LogP contribution >= 0.6 is 0 Å². The summed E-state index contributed by atoms with van der Waals surface area (Å²) in [4.78, 5) is 1.34. The molecule has 0 amide bonds. The predicted molar refractivity (Wildman–Crippen MR) is 61.1 cm³/mol. The number of rotatable bonds is 4. The molecule has 0 aliphatic rings. The lowest BCUT2D eigenvalue weighted by molar-refractivity contribution is 0.156. The highest BCUT2D eigenvalue weighted by Gasteiger charge is 2.15. The van der Waals surface area contributed by atoms with Gasteiger partial charge in [0.15, 0.2) is 0 Å². The third-order valence-corrected chi connectivity index (χ3v) is 2.43. The van der Waals surface area contributed by atoms with Gasteiger partial charge in [-0.15, -0.1) is 0 Å². The number of nitriles is 1. The van der Waals surface area contributed by atoms with E-state index < -0.39 is 19.1 Å². The maximum absolute atomic E-state index is 12.3. The molecule has 3 nitrogen and oxygen atoms in total. The number of aliphatic hydroxyl groups is 1. The molecule has 1 unspecified atom stereocenters. The summed E-state index contributed by atoms with van der Waals surface area (Å²) in [5.41, 5.74) is 1.37. The number of hydrogen-bond donors (Lipinski definition) is 1. The molecule has 0 saturated heterocycles. The van der Waals surface area contributed by atoms with E-state index in [1.807, 2.05) is 6.07 Å². The number of benzene rings is 1. The fraction of sp³-hybridized carbons (Fsp3) is 0.417. The van der Waals surface area contributed by atoms with E-state index in [4.69, 9.17) is 5.26 Å². The summed E-state index contributed by atoms with van der Waals surface area (Å²) in [6, 6.07) is 6.59. The van der Waals surface area contributed by atoms with E-state index in [-0.39, 0.29) is 0 Å². The van der Waals surface area contributed by atoms with E-state index in [1.54, 1.807) is 19.1 Å². The van der Waals surface area contributed by atoms with Gasteiger partial charge in [0, 0.05) is 18.3 Å². The summed E-state index contributed by atoms with van der Waals surface area (Å²) in [6.45, 7) is 1.12. The molecule has 0 saturated carbocycles. The second-order valence-electron chi connectivity index (χ2n) is 3.83. The monoisotopic (exact) mass is 240 g/mol. The summed E-state index contributed by atoms with van der Waals surface area (Å²) in [7, 11) is 1.51. The van der Waals surface area contributed by atoms with E-state index in [0.29, 0.717) is 16.8 Å². The van der Waals surface area contributed by atoms with Gasteiger partial charge in [-0.3, -0.25) is 0 Å². The van der Waals surface area contributed by atoms with Crippen molar-refractivity contribution in [2.24, 2.45) is 0 Å². The Labute approximate surface area is 98.9 Å². The van der Waals surface area contributed by atoms with Crippen molar-refractivity contribution >= 4 is 5.69 Å². The number of anilines is 1. The molecule has 1 N–H and O–H groups in total. The molecule has 5 heteroatoms. The van der Waals surface area contributed by atoms with Gasteiger partial charge in [0.2, 0.25) is 0 Å². The highest BCUT2D eigenvalue weighted by molar-refractivity contribution is 5.58. The Hall–Kier alpha value is -1.67. The predicted octanol–water partition coefficient (Wildman–Crippen LogP) is 2.31. The second-order valence-corrected chi connectivity index (χ2v) is 3.83. The zero-order valence-electron chi connectivity index (χ0n) is 9.69.